The predicted octanol–water partition coefficient (Wildman–Crippen LogP) is 1.81. The Bertz CT molecular complexity index is 780. The number of rotatable bonds is 3. The minimum Gasteiger partial charge on any atom is -0.342 e. The largest absolute Gasteiger partial charge is 0.342 e. The third-order valence-electron chi connectivity index (χ3n) is 5.45. The number of hydrogen-bond acceptors (Lipinski definition) is 4. The van der Waals surface area contributed by atoms with Crippen LogP contribution in [0.2, 0.25) is 0 Å². The van der Waals surface area contributed by atoms with Crippen molar-refractivity contribution in [2.75, 3.05) is 26.7 Å². The SMILES string of the molecule is CN1CCn2c(nnc2C2CCN(C(=O)Cc3ccc(F)cc3)CC2)C1. The van der Waals surface area contributed by atoms with E-state index in [1.165, 1.54) is 12.1 Å². The van der Waals surface area contributed by atoms with E-state index in [4.69, 9.17) is 0 Å². The van der Waals surface area contributed by atoms with Crippen molar-refractivity contribution in [1.82, 2.24) is 24.6 Å². The summed E-state index contributed by atoms with van der Waals surface area (Å²) in [5.74, 6) is 2.33. The first-order valence-electron chi connectivity index (χ1n) is 9.23. The van der Waals surface area contributed by atoms with Crippen LogP contribution < -0.4 is 0 Å². The molecule has 0 saturated carbocycles. The van der Waals surface area contributed by atoms with Gasteiger partial charge in [-0.15, -0.1) is 10.2 Å². The zero-order valence-electron chi connectivity index (χ0n) is 15.1. The number of aromatic nitrogens is 3. The van der Waals surface area contributed by atoms with Crippen LogP contribution in [-0.2, 0) is 24.3 Å². The lowest BCUT2D eigenvalue weighted by Crippen LogP contribution is -2.39. The highest BCUT2D eigenvalue weighted by atomic mass is 19.1. The quantitative estimate of drug-likeness (QED) is 0.841. The fourth-order valence-corrected chi connectivity index (χ4v) is 3.88. The maximum Gasteiger partial charge on any atom is 0.226 e. The molecule has 3 heterocycles. The van der Waals surface area contributed by atoms with E-state index >= 15 is 0 Å². The number of likely N-dealkylation sites (tertiary alicyclic amines) is 1. The average molecular weight is 357 g/mol. The summed E-state index contributed by atoms with van der Waals surface area (Å²) >= 11 is 0. The summed E-state index contributed by atoms with van der Waals surface area (Å²) in [5, 5.41) is 8.81. The van der Waals surface area contributed by atoms with Crippen LogP contribution in [0.25, 0.3) is 0 Å². The molecule has 1 amide bonds. The van der Waals surface area contributed by atoms with E-state index in [2.05, 4.69) is 26.7 Å². The summed E-state index contributed by atoms with van der Waals surface area (Å²) < 4.78 is 15.3. The molecule has 0 atom stereocenters. The second-order valence-corrected chi connectivity index (χ2v) is 7.32. The monoisotopic (exact) mass is 357 g/mol. The number of benzene rings is 1. The van der Waals surface area contributed by atoms with Gasteiger partial charge in [-0.25, -0.2) is 4.39 Å². The number of halogens is 1. The predicted molar refractivity (Wildman–Crippen MR) is 95.0 cm³/mol. The second kappa shape index (κ2) is 7.15. The van der Waals surface area contributed by atoms with E-state index in [0.717, 1.165) is 62.8 Å². The van der Waals surface area contributed by atoms with Gasteiger partial charge in [0.05, 0.1) is 13.0 Å². The van der Waals surface area contributed by atoms with Crippen LogP contribution in [0.1, 0.15) is 36.0 Å². The Balaban J connectivity index is 1.35. The topological polar surface area (TPSA) is 54.3 Å². The van der Waals surface area contributed by atoms with Gasteiger partial charge in [0.25, 0.3) is 0 Å². The Kier molecular flexibility index (Phi) is 4.72. The van der Waals surface area contributed by atoms with Crippen LogP contribution in [0.4, 0.5) is 4.39 Å². The van der Waals surface area contributed by atoms with Crippen molar-refractivity contribution in [3.8, 4) is 0 Å². The molecule has 1 saturated heterocycles. The Labute approximate surface area is 152 Å². The number of carbonyl (C=O) groups excluding carboxylic acids is 1. The molecular weight excluding hydrogens is 333 g/mol. The van der Waals surface area contributed by atoms with Gasteiger partial charge in [-0.2, -0.15) is 0 Å². The van der Waals surface area contributed by atoms with Crippen molar-refractivity contribution in [2.45, 2.75) is 38.3 Å². The highest BCUT2D eigenvalue weighted by Gasteiger charge is 2.29. The van der Waals surface area contributed by atoms with Crippen LogP contribution in [0.5, 0.6) is 0 Å². The minimum atomic E-state index is -0.273. The Morgan fingerprint density at radius 1 is 1.12 bits per heavy atom. The maximum atomic E-state index is 13.0. The Morgan fingerprint density at radius 3 is 2.58 bits per heavy atom. The van der Waals surface area contributed by atoms with E-state index < -0.39 is 0 Å². The number of nitrogens with zero attached hydrogens (tertiary/aromatic N) is 5. The van der Waals surface area contributed by atoms with Crippen molar-refractivity contribution in [1.29, 1.82) is 0 Å². The summed E-state index contributed by atoms with van der Waals surface area (Å²) in [5.41, 5.74) is 0.856. The molecule has 0 radical (unpaired) electrons. The molecule has 2 aliphatic heterocycles. The van der Waals surface area contributed by atoms with Gasteiger partial charge in [-0.3, -0.25) is 9.69 Å². The van der Waals surface area contributed by atoms with Gasteiger partial charge in [0.2, 0.25) is 5.91 Å². The maximum absolute atomic E-state index is 13.0. The molecule has 1 aromatic heterocycles. The number of carbonyl (C=O) groups is 1. The summed E-state index contributed by atoms with van der Waals surface area (Å²) in [7, 11) is 2.10. The molecule has 0 bridgehead atoms. The minimum absolute atomic E-state index is 0.111. The lowest BCUT2D eigenvalue weighted by Gasteiger charge is -2.32. The summed E-state index contributed by atoms with van der Waals surface area (Å²) in [4.78, 5) is 16.7. The third kappa shape index (κ3) is 3.49. The first kappa shape index (κ1) is 17.1. The van der Waals surface area contributed by atoms with Gasteiger partial charge in [-0.05, 0) is 37.6 Å². The zero-order chi connectivity index (χ0) is 18.1. The molecular formula is C19H24FN5O. The molecule has 4 rings (SSSR count). The van der Waals surface area contributed by atoms with Gasteiger partial charge in [0, 0.05) is 32.1 Å². The fraction of sp³-hybridized carbons (Fsp3) is 0.526. The molecule has 7 heteroatoms. The molecule has 1 aromatic carbocycles. The molecule has 2 aromatic rings. The van der Waals surface area contributed by atoms with Gasteiger partial charge in [-0.1, -0.05) is 12.1 Å². The molecule has 0 N–H and O–H groups in total. The highest BCUT2D eigenvalue weighted by Crippen LogP contribution is 2.28. The zero-order valence-corrected chi connectivity index (χ0v) is 15.1. The van der Waals surface area contributed by atoms with Gasteiger partial charge < -0.3 is 9.47 Å². The van der Waals surface area contributed by atoms with E-state index in [9.17, 15) is 9.18 Å². The fourth-order valence-electron chi connectivity index (χ4n) is 3.88. The van der Waals surface area contributed by atoms with Crippen LogP contribution in [-0.4, -0.2) is 57.2 Å². The number of amides is 1. The molecule has 0 unspecified atom stereocenters. The van der Waals surface area contributed by atoms with E-state index in [1.54, 1.807) is 12.1 Å². The van der Waals surface area contributed by atoms with Crippen LogP contribution >= 0.6 is 0 Å². The lowest BCUT2D eigenvalue weighted by atomic mass is 9.95. The molecule has 2 aliphatic rings. The van der Waals surface area contributed by atoms with Crippen LogP contribution in [0.15, 0.2) is 24.3 Å². The van der Waals surface area contributed by atoms with E-state index in [0.29, 0.717) is 12.3 Å². The summed E-state index contributed by atoms with van der Waals surface area (Å²) in [6.07, 6.45) is 2.17. The number of fused-ring (bicyclic) bond motifs is 1. The number of piperidine rings is 1. The van der Waals surface area contributed by atoms with Crippen LogP contribution in [0, 0.1) is 5.82 Å². The number of hydrogen-bond donors (Lipinski definition) is 0. The van der Waals surface area contributed by atoms with Gasteiger partial charge in [0.1, 0.15) is 17.5 Å². The molecule has 1 fully saturated rings. The third-order valence-corrected chi connectivity index (χ3v) is 5.45. The first-order chi connectivity index (χ1) is 12.6. The van der Waals surface area contributed by atoms with E-state index in [1.807, 2.05) is 4.90 Å². The summed E-state index contributed by atoms with van der Waals surface area (Å²) in [6.45, 7) is 4.30. The molecule has 6 nitrogen and oxygen atoms in total. The smallest absolute Gasteiger partial charge is 0.226 e. The van der Waals surface area contributed by atoms with Gasteiger partial charge >= 0.3 is 0 Å². The summed E-state index contributed by atoms with van der Waals surface area (Å²) in [6, 6.07) is 6.17. The standard InChI is InChI=1S/C19H24FN5O/c1-23-10-11-25-17(13-23)21-22-19(25)15-6-8-24(9-7-15)18(26)12-14-2-4-16(20)5-3-14/h2-5,15H,6-13H2,1H3. The molecule has 0 spiro atoms. The number of likely N-dealkylation sites (N-methyl/N-ethyl adjacent to an activating group) is 1. The molecule has 26 heavy (non-hydrogen) atoms. The van der Waals surface area contributed by atoms with E-state index in [-0.39, 0.29) is 11.7 Å². The normalized spacial score (nSPS) is 18.8. The first-order valence-corrected chi connectivity index (χ1v) is 9.23. The van der Waals surface area contributed by atoms with Crippen molar-refractivity contribution >= 4 is 5.91 Å². The lowest BCUT2D eigenvalue weighted by molar-refractivity contribution is -0.131. The Morgan fingerprint density at radius 2 is 1.85 bits per heavy atom. The van der Waals surface area contributed by atoms with Crippen molar-refractivity contribution in [2.24, 2.45) is 0 Å². The highest BCUT2D eigenvalue weighted by molar-refractivity contribution is 5.78. The van der Waals surface area contributed by atoms with Crippen molar-refractivity contribution in [3.05, 3.63) is 47.3 Å². The van der Waals surface area contributed by atoms with Crippen molar-refractivity contribution < 1.29 is 9.18 Å². The van der Waals surface area contributed by atoms with Gasteiger partial charge in [0.15, 0.2) is 0 Å². The average Bonchev–Trinajstić information content (AvgIpc) is 3.06. The molecule has 138 valence electrons. The second-order valence-electron chi connectivity index (χ2n) is 7.32. The van der Waals surface area contributed by atoms with Crippen molar-refractivity contribution in [3.63, 3.8) is 0 Å². The Hall–Kier alpha value is -2.28. The van der Waals surface area contributed by atoms with Crippen LogP contribution in [0.3, 0.4) is 0 Å². The molecule has 0 aliphatic carbocycles.